The predicted molar refractivity (Wildman–Crippen MR) is 95.1 cm³/mol. The van der Waals surface area contributed by atoms with Crippen molar-refractivity contribution in [3.63, 3.8) is 0 Å². The smallest absolute Gasteiger partial charge is 0.339 e. The molecule has 126 valence electrons. The van der Waals surface area contributed by atoms with Crippen LogP contribution in [0.3, 0.4) is 0 Å². The van der Waals surface area contributed by atoms with Crippen LogP contribution in [0.4, 0.5) is 5.82 Å². The highest BCUT2D eigenvalue weighted by atomic mass is 16.5. The third-order valence-electron chi connectivity index (χ3n) is 3.53. The van der Waals surface area contributed by atoms with Gasteiger partial charge in [-0.05, 0) is 48.4 Å². The molecule has 6 heteroatoms. The molecule has 0 aliphatic rings. The Hall–Kier alpha value is -3.28. The van der Waals surface area contributed by atoms with E-state index in [0.717, 1.165) is 16.9 Å². The topological polar surface area (TPSA) is 77.0 Å². The number of anilines is 1. The Morgan fingerprint density at radius 3 is 2.56 bits per heavy atom. The maximum Gasteiger partial charge on any atom is 0.339 e. The third-order valence-corrected chi connectivity index (χ3v) is 3.53. The maximum atomic E-state index is 11.8. The number of aromatic nitrogens is 3. The SMILES string of the molecule is O=C(OCCCNc1ccc(-c2ccncc2)cn1)c1cccnc1. The largest absolute Gasteiger partial charge is 0.462 e. The Balaban J connectivity index is 1.40. The summed E-state index contributed by atoms with van der Waals surface area (Å²) in [5, 5.41) is 3.21. The Morgan fingerprint density at radius 2 is 1.84 bits per heavy atom. The summed E-state index contributed by atoms with van der Waals surface area (Å²) in [6, 6.07) is 11.2. The van der Waals surface area contributed by atoms with E-state index in [0.29, 0.717) is 25.1 Å². The van der Waals surface area contributed by atoms with Crippen molar-refractivity contribution in [2.75, 3.05) is 18.5 Å². The van der Waals surface area contributed by atoms with Crippen LogP contribution in [0.5, 0.6) is 0 Å². The Morgan fingerprint density at radius 1 is 0.960 bits per heavy atom. The summed E-state index contributed by atoms with van der Waals surface area (Å²) in [4.78, 5) is 24.0. The van der Waals surface area contributed by atoms with Gasteiger partial charge in [-0.25, -0.2) is 9.78 Å². The van der Waals surface area contributed by atoms with Crippen molar-refractivity contribution in [1.82, 2.24) is 15.0 Å². The quantitative estimate of drug-likeness (QED) is 0.528. The Bertz CT molecular complexity index is 793. The Labute approximate surface area is 145 Å². The minimum Gasteiger partial charge on any atom is -0.462 e. The molecule has 1 N–H and O–H groups in total. The van der Waals surface area contributed by atoms with E-state index in [1.54, 1.807) is 30.7 Å². The number of pyridine rings is 3. The zero-order valence-corrected chi connectivity index (χ0v) is 13.6. The lowest BCUT2D eigenvalue weighted by Crippen LogP contribution is -2.11. The summed E-state index contributed by atoms with van der Waals surface area (Å²) in [5.41, 5.74) is 2.58. The van der Waals surface area contributed by atoms with E-state index in [2.05, 4.69) is 20.3 Å². The van der Waals surface area contributed by atoms with E-state index >= 15 is 0 Å². The van der Waals surface area contributed by atoms with Gasteiger partial charge in [0.2, 0.25) is 0 Å². The second kappa shape index (κ2) is 8.54. The van der Waals surface area contributed by atoms with Gasteiger partial charge in [0, 0.05) is 43.1 Å². The van der Waals surface area contributed by atoms with Crippen molar-refractivity contribution < 1.29 is 9.53 Å². The molecule has 25 heavy (non-hydrogen) atoms. The van der Waals surface area contributed by atoms with E-state index in [1.165, 1.54) is 6.20 Å². The fourth-order valence-electron chi connectivity index (χ4n) is 2.23. The highest BCUT2D eigenvalue weighted by Crippen LogP contribution is 2.18. The minimum absolute atomic E-state index is 0.343. The first-order valence-electron chi connectivity index (χ1n) is 8.00. The van der Waals surface area contributed by atoms with Crippen LogP contribution in [0.25, 0.3) is 11.1 Å². The lowest BCUT2D eigenvalue weighted by Gasteiger charge is -2.07. The minimum atomic E-state index is -0.354. The molecule has 3 aromatic rings. The van der Waals surface area contributed by atoms with Crippen LogP contribution < -0.4 is 5.32 Å². The van der Waals surface area contributed by atoms with Crippen molar-refractivity contribution in [2.45, 2.75) is 6.42 Å². The third kappa shape index (κ3) is 4.84. The highest BCUT2D eigenvalue weighted by molar-refractivity contribution is 5.88. The van der Waals surface area contributed by atoms with Crippen LogP contribution in [0.1, 0.15) is 16.8 Å². The molecule has 0 atom stereocenters. The van der Waals surface area contributed by atoms with E-state index in [1.807, 2.05) is 30.5 Å². The molecule has 0 amide bonds. The molecule has 3 aromatic heterocycles. The van der Waals surface area contributed by atoms with Crippen LogP contribution in [0, 0.1) is 0 Å². The summed E-state index contributed by atoms with van der Waals surface area (Å²) in [6.45, 7) is 1.01. The molecule has 0 aromatic carbocycles. The first-order chi connectivity index (χ1) is 12.3. The van der Waals surface area contributed by atoms with E-state index in [4.69, 9.17) is 4.74 Å². The second-order valence-corrected chi connectivity index (χ2v) is 5.33. The average molecular weight is 334 g/mol. The molecule has 0 bridgehead atoms. The van der Waals surface area contributed by atoms with Crippen LogP contribution in [-0.4, -0.2) is 34.1 Å². The van der Waals surface area contributed by atoms with Crippen LogP contribution >= 0.6 is 0 Å². The van der Waals surface area contributed by atoms with Crippen molar-refractivity contribution in [3.05, 3.63) is 72.9 Å². The normalized spacial score (nSPS) is 10.2. The zero-order valence-electron chi connectivity index (χ0n) is 13.6. The number of carbonyl (C=O) groups excluding carboxylic acids is 1. The summed E-state index contributed by atoms with van der Waals surface area (Å²) in [7, 11) is 0. The molecular formula is C19H18N4O2. The molecule has 6 nitrogen and oxygen atoms in total. The molecule has 0 aliphatic heterocycles. The molecule has 0 saturated heterocycles. The summed E-state index contributed by atoms with van der Waals surface area (Å²) < 4.78 is 5.20. The molecule has 0 fully saturated rings. The predicted octanol–water partition coefficient (Wildman–Crippen LogP) is 3.20. The lowest BCUT2D eigenvalue weighted by molar-refractivity contribution is 0.0503. The van der Waals surface area contributed by atoms with E-state index in [9.17, 15) is 4.79 Å². The summed E-state index contributed by atoms with van der Waals surface area (Å²) >= 11 is 0. The number of hydrogen-bond acceptors (Lipinski definition) is 6. The first-order valence-corrected chi connectivity index (χ1v) is 8.00. The van der Waals surface area contributed by atoms with Gasteiger partial charge in [-0.3, -0.25) is 9.97 Å². The maximum absolute atomic E-state index is 11.8. The molecule has 0 unspecified atom stereocenters. The summed E-state index contributed by atoms with van der Waals surface area (Å²) in [5.74, 6) is 0.435. The van der Waals surface area contributed by atoms with Crippen molar-refractivity contribution in [2.24, 2.45) is 0 Å². The van der Waals surface area contributed by atoms with Crippen LogP contribution in [0.15, 0.2) is 67.4 Å². The van der Waals surface area contributed by atoms with Crippen molar-refractivity contribution in [3.8, 4) is 11.1 Å². The van der Waals surface area contributed by atoms with Crippen LogP contribution in [-0.2, 0) is 4.74 Å². The number of hydrogen-bond donors (Lipinski definition) is 1. The second-order valence-electron chi connectivity index (χ2n) is 5.33. The zero-order chi connectivity index (χ0) is 17.3. The number of rotatable bonds is 7. The molecule has 0 spiro atoms. The van der Waals surface area contributed by atoms with Gasteiger partial charge in [0.1, 0.15) is 5.82 Å². The number of esters is 1. The molecule has 3 heterocycles. The van der Waals surface area contributed by atoms with Gasteiger partial charge in [0.05, 0.1) is 12.2 Å². The molecule has 3 rings (SSSR count). The van der Waals surface area contributed by atoms with Gasteiger partial charge < -0.3 is 10.1 Å². The van der Waals surface area contributed by atoms with Gasteiger partial charge in [-0.1, -0.05) is 0 Å². The van der Waals surface area contributed by atoms with Crippen molar-refractivity contribution in [1.29, 1.82) is 0 Å². The number of ether oxygens (including phenoxy) is 1. The van der Waals surface area contributed by atoms with Gasteiger partial charge in [0.25, 0.3) is 0 Å². The molecule has 0 saturated carbocycles. The van der Waals surface area contributed by atoms with Gasteiger partial charge >= 0.3 is 5.97 Å². The number of carbonyl (C=O) groups is 1. The van der Waals surface area contributed by atoms with E-state index in [-0.39, 0.29) is 5.97 Å². The first kappa shape index (κ1) is 16.6. The fourth-order valence-corrected chi connectivity index (χ4v) is 2.23. The fraction of sp³-hybridized carbons (Fsp3) is 0.158. The lowest BCUT2D eigenvalue weighted by atomic mass is 10.1. The average Bonchev–Trinajstić information content (AvgIpc) is 2.69. The van der Waals surface area contributed by atoms with Crippen LogP contribution in [0.2, 0.25) is 0 Å². The molecule has 0 radical (unpaired) electrons. The number of nitrogens with one attached hydrogen (secondary N) is 1. The van der Waals surface area contributed by atoms with Gasteiger partial charge in [-0.15, -0.1) is 0 Å². The molecular weight excluding hydrogens is 316 g/mol. The van der Waals surface area contributed by atoms with E-state index < -0.39 is 0 Å². The Kier molecular flexibility index (Phi) is 5.66. The van der Waals surface area contributed by atoms with Gasteiger partial charge in [-0.2, -0.15) is 0 Å². The van der Waals surface area contributed by atoms with Gasteiger partial charge in [0.15, 0.2) is 0 Å². The standard InChI is InChI=1S/C19H18N4O2/c24-19(17-3-1-8-21-13-17)25-12-2-9-22-18-5-4-16(14-23-18)15-6-10-20-11-7-15/h1,3-8,10-11,13-14H,2,9,12H2,(H,22,23). The monoisotopic (exact) mass is 334 g/mol. The van der Waals surface area contributed by atoms with Crippen molar-refractivity contribution >= 4 is 11.8 Å². The molecule has 0 aliphatic carbocycles. The highest BCUT2D eigenvalue weighted by Gasteiger charge is 2.05. The summed E-state index contributed by atoms with van der Waals surface area (Å²) in [6.07, 6.45) is 9.14. The number of nitrogens with zero attached hydrogens (tertiary/aromatic N) is 3.